The van der Waals surface area contributed by atoms with E-state index in [1.165, 1.54) is 12.8 Å². The molecule has 2 aromatic heterocycles. The van der Waals surface area contributed by atoms with Crippen LogP contribution in [0.5, 0.6) is 0 Å². The molecule has 0 aromatic carbocycles. The number of anilines is 1. The van der Waals surface area contributed by atoms with E-state index in [1.54, 1.807) is 0 Å². The van der Waals surface area contributed by atoms with Crippen molar-refractivity contribution in [3.8, 4) is 0 Å². The number of pyridine rings is 1. The largest absolute Gasteiger partial charge is 0.355 e. The lowest BCUT2D eigenvalue weighted by atomic mass is 10.3. The van der Waals surface area contributed by atoms with Gasteiger partial charge in [-0.3, -0.25) is 0 Å². The molecule has 1 aliphatic rings. The predicted octanol–water partition coefficient (Wildman–Crippen LogP) is 3.37. The number of hydrogen-bond donors (Lipinski definition) is 0. The second-order valence-corrected chi connectivity index (χ2v) is 6.04. The van der Waals surface area contributed by atoms with Gasteiger partial charge in [-0.1, -0.05) is 0 Å². The molecular formula is C13H17BrN4. The molecule has 1 saturated carbocycles. The molecule has 0 aliphatic heterocycles. The summed E-state index contributed by atoms with van der Waals surface area (Å²) in [5.74, 6) is 1.04. The van der Waals surface area contributed by atoms with Crippen LogP contribution in [0.15, 0.2) is 17.0 Å². The minimum Gasteiger partial charge on any atom is -0.355 e. The first-order valence-corrected chi connectivity index (χ1v) is 7.13. The van der Waals surface area contributed by atoms with E-state index in [0.717, 1.165) is 21.5 Å². The fourth-order valence-corrected chi connectivity index (χ4v) is 2.67. The van der Waals surface area contributed by atoms with Gasteiger partial charge < -0.3 is 9.47 Å². The van der Waals surface area contributed by atoms with Gasteiger partial charge in [-0.25, -0.2) is 9.97 Å². The molecule has 0 saturated heterocycles. The molecule has 0 bridgehead atoms. The summed E-state index contributed by atoms with van der Waals surface area (Å²) in [6, 6.07) is 3.02. The van der Waals surface area contributed by atoms with E-state index in [0.29, 0.717) is 12.1 Å². The highest BCUT2D eigenvalue weighted by Crippen LogP contribution is 2.35. The average molecular weight is 309 g/mol. The van der Waals surface area contributed by atoms with Crippen molar-refractivity contribution in [2.24, 2.45) is 0 Å². The Balaban J connectivity index is 2.22. The van der Waals surface area contributed by atoms with Crippen LogP contribution in [0.25, 0.3) is 11.0 Å². The zero-order chi connectivity index (χ0) is 12.9. The van der Waals surface area contributed by atoms with Gasteiger partial charge in [-0.2, -0.15) is 0 Å². The van der Waals surface area contributed by atoms with Crippen molar-refractivity contribution in [3.05, 3.63) is 17.0 Å². The minimum atomic E-state index is 0.393. The Morgan fingerprint density at radius 1 is 1.44 bits per heavy atom. The first-order valence-electron chi connectivity index (χ1n) is 6.34. The zero-order valence-electron chi connectivity index (χ0n) is 10.9. The monoisotopic (exact) mass is 308 g/mol. The fourth-order valence-electron chi connectivity index (χ4n) is 2.28. The van der Waals surface area contributed by atoms with Crippen LogP contribution >= 0.6 is 15.9 Å². The summed E-state index contributed by atoms with van der Waals surface area (Å²) in [7, 11) is 2.13. The third kappa shape index (κ3) is 1.90. The third-order valence-corrected chi connectivity index (χ3v) is 3.89. The second kappa shape index (κ2) is 4.23. The van der Waals surface area contributed by atoms with Gasteiger partial charge in [0.1, 0.15) is 10.1 Å². The third-order valence-electron chi connectivity index (χ3n) is 3.49. The molecule has 96 valence electrons. The number of imidazole rings is 1. The number of fused-ring (bicyclic) bond motifs is 1. The van der Waals surface area contributed by atoms with E-state index < -0.39 is 0 Å². The number of aromatic nitrogens is 3. The lowest BCUT2D eigenvalue weighted by molar-refractivity contribution is 0.616. The SMILES string of the molecule is CC(C)n1cnc2cc(Br)nc(N(C)C3CC3)c21. The molecule has 0 atom stereocenters. The highest BCUT2D eigenvalue weighted by atomic mass is 79.9. The van der Waals surface area contributed by atoms with E-state index in [-0.39, 0.29) is 0 Å². The van der Waals surface area contributed by atoms with Crippen molar-refractivity contribution in [3.63, 3.8) is 0 Å². The van der Waals surface area contributed by atoms with Gasteiger partial charge in [0.05, 0.1) is 11.8 Å². The summed E-state index contributed by atoms with van der Waals surface area (Å²) in [6.45, 7) is 4.34. The summed E-state index contributed by atoms with van der Waals surface area (Å²) >= 11 is 3.48. The van der Waals surface area contributed by atoms with E-state index in [2.05, 4.69) is 56.3 Å². The zero-order valence-corrected chi connectivity index (χ0v) is 12.5. The van der Waals surface area contributed by atoms with Crippen molar-refractivity contribution >= 4 is 32.8 Å². The molecule has 4 nitrogen and oxygen atoms in total. The Morgan fingerprint density at radius 2 is 2.17 bits per heavy atom. The summed E-state index contributed by atoms with van der Waals surface area (Å²) in [5.41, 5.74) is 2.15. The van der Waals surface area contributed by atoms with Crippen LogP contribution in [-0.4, -0.2) is 27.6 Å². The molecule has 1 aliphatic carbocycles. The molecular weight excluding hydrogens is 292 g/mol. The Morgan fingerprint density at radius 3 is 2.78 bits per heavy atom. The van der Waals surface area contributed by atoms with Crippen LogP contribution < -0.4 is 4.90 Å². The summed E-state index contributed by atoms with van der Waals surface area (Å²) in [5, 5.41) is 0. The van der Waals surface area contributed by atoms with Crippen LogP contribution in [0.2, 0.25) is 0 Å². The molecule has 0 N–H and O–H groups in total. The quantitative estimate of drug-likeness (QED) is 0.815. The van der Waals surface area contributed by atoms with Crippen molar-refractivity contribution in [1.82, 2.24) is 14.5 Å². The van der Waals surface area contributed by atoms with Gasteiger partial charge in [-0.05, 0) is 48.7 Å². The molecule has 3 rings (SSSR count). The molecule has 0 spiro atoms. The highest BCUT2D eigenvalue weighted by molar-refractivity contribution is 9.10. The molecule has 5 heteroatoms. The van der Waals surface area contributed by atoms with Gasteiger partial charge in [0.25, 0.3) is 0 Å². The van der Waals surface area contributed by atoms with E-state index in [4.69, 9.17) is 0 Å². The lowest BCUT2D eigenvalue weighted by Gasteiger charge is -2.20. The number of hydrogen-bond acceptors (Lipinski definition) is 3. The van der Waals surface area contributed by atoms with Crippen molar-refractivity contribution in [1.29, 1.82) is 0 Å². The molecule has 0 amide bonds. The fraction of sp³-hybridized carbons (Fsp3) is 0.538. The Kier molecular flexibility index (Phi) is 2.81. The predicted molar refractivity (Wildman–Crippen MR) is 77.0 cm³/mol. The minimum absolute atomic E-state index is 0.393. The van der Waals surface area contributed by atoms with Crippen molar-refractivity contribution in [2.75, 3.05) is 11.9 Å². The van der Waals surface area contributed by atoms with Gasteiger partial charge >= 0.3 is 0 Å². The van der Waals surface area contributed by atoms with Crippen LogP contribution in [0.1, 0.15) is 32.7 Å². The molecule has 18 heavy (non-hydrogen) atoms. The van der Waals surface area contributed by atoms with Gasteiger partial charge in [0.15, 0.2) is 5.82 Å². The lowest BCUT2D eigenvalue weighted by Crippen LogP contribution is -2.22. The summed E-state index contributed by atoms with van der Waals surface area (Å²) < 4.78 is 3.05. The van der Waals surface area contributed by atoms with Gasteiger partial charge in [0.2, 0.25) is 0 Å². The molecule has 1 fully saturated rings. The molecule has 2 aromatic rings. The normalized spacial score (nSPS) is 15.6. The summed E-state index contributed by atoms with van der Waals surface area (Å²) in [6.07, 6.45) is 4.44. The van der Waals surface area contributed by atoms with Crippen LogP contribution in [-0.2, 0) is 0 Å². The summed E-state index contributed by atoms with van der Waals surface area (Å²) in [4.78, 5) is 11.4. The first kappa shape index (κ1) is 12.0. The topological polar surface area (TPSA) is 34.0 Å². The maximum Gasteiger partial charge on any atom is 0.156 e. The number of nitrogens with zero attached hydrogens (tertiary/aromatic N) is 4. The maximum atomic E-state index is 4.66. The second-order valence-electron chi connectivity index (χ2n) is 5.22. The van der Waals surface area contributed by atoms with Crippen LogP contribution in [0.4, 0.5) is 5.82 Å². The standard InChI is InChI=1S/C13H17BrN4/c1-8(2)18-7-15-10-6-11(14)16-13(12(10)18)17(3)9-4-5-9/h6-9H,4-5H2,1-3H3. The average Bonchev–Trinajstić information content (AvgIpc) is 3.07. The Labute approximate surface area is 115 Å². The van der Waals surface area contributed by atoms with E-state index in [9.17, 15) is 0 Å². The van der Waals surface area contributed by atoms with Crippen LogP contribution in [0, 0.1) is 0 Å². The van der Waals surface area contributed by atoms with Gasteiger partial charge in [-0.15, -0.1) is 0 Å². The highest BCUT2D eigenvalue weighted by Gasteiger charge is 2.29. The van der Waals surface area contributed by atoms with Crippen LogP contribution in [0.3, 0.4) is 0 Å². The van der Waals surface area contributed by atoms with Crippen molar-refractivity contribution < 1.29 is 0 Å². The van der Waals surface area contributed by atoms with E-state index in [1.807, 2.05) is 12.4 Å². The Bertz CT molecular complexity index is 586. The molecule has 0 radical (unpaired) electrons. The van der Waals surface area contributed by atoms with Crippen molar-refractivity contribution in [2.45, 2.75) is 38.8 Å². The number of halogens is 1. The number of rotatable bonds is 3. The maximum absolute atomic E-state index is 4.66. The molecule has 0 unspecified atom stereocenters. The van der Waals surface area contributed by atoms with E-state index >= 15 is 0 Å². The van der Waals surface area contributed by atoms with Gasteiger partial charge in [0, 0.05) is 19.1 Å². The Hall–Kier alpha value is -1.10. The first-order chi connectivity index (χ1) is 8.58. The smallest absolute Gasteiger partial charge is 0.156 e. The molecule has 2 heterocycles.